The maximum Gasteiger partial charge on any atom is 0.334 e. The Labute approximate surface area is 118 Å². The number of nitrogens with zero attached hydrogens (tertiary/aromatic N) is 1. The number of rotatable bonds is 5. The van der Waals surface area contributed by atoms with Crippen LogP contribution in [0.25, 0.3) is 0 Å². The highest BCUT2D eigenvalue weighted by Crippen LogP contribution is 2.37. The molecule has 0 saturated carbocycles. The van der Waals surface area contributed by atoms with Crippen molar-refractivity contribution in [3.63, 3.8) is 0 Å². The van der Waals surface area contributed by atoms with Gasteiger partial charge in [0.25, 0.3) is 0 Å². The molecule has 0 spiro atoms. The second-order valence-corrected chi connectivity index (χ2v) is 5.07. The summed E-state index contributed by atoms with van der Waals surface area (Å²) in [7, 11) is 0. The van der Waals surface area contributed by atoms with Gasteiger partial charge in [0.05, 0.1) is 11.9 Å². The summed E-state index contributed by atoms with van der Waals surface area (Å²) in [5, 5.41) is 0. The van der Waals surface area contributed by atoms with E-state index >= 15 is 0 Å². The number of hydrogen-bond donors (Lipinski definition) is 0. The molecule has 5 heteroatoms. The van der Waals surface area contributed by atoms with Crippen LogP contribution in [0, 0.1) is 0 Å². The lowest BCUT2D eigenvalue weighted by molar-refractivity contribution is -0.155. The molecule has 1 aliphatic rings. The Morgan fingerprint density at radius 3 is 2.85 bits per heavy atom. The zero-order valence-corrected chi connectivity index (χ0v) is 12.1. The fourth-order valence-electron chi connectivity index (χ4n) is 2.09. The van der Waals surface area contributed by atoms with E-state index in [9.17, 15) is 4.79 Å². The van der Waals surface area contributed by atoms with E-state index in [4.69, 9.17) is 14.2 Å². The Morgan fingerprint density at radius 1 is 1.50 bits per heavy atom. The van der Waals surface area contributed by atoms with Crippen molar-refractivity contribution >= 4 is 5.97 Å². The predicted molar refractivity (Wildman–Crippen MR) is 73.5 cm³/mol. The number of carbonyl (C=O) groups excluding carboxylic acids is 1. The molecule has 0 bridgehead atoms. The Hall–Kier alpha value is -2.04. The van der Waals surface area contributed by atoms with Crippen molar-refractivity contribution in [1.29, 1.82) is 0 Å². The van der Waals surface area contributed by atoms with Gasteiger partial charge in [0.1, 0.15) is 0 Å². The predicted octanol–water partition coefficient (Wildman–Crippen LogP) is 2.94. The van der Waals surface area contributed by atoms with Crippen LogP contribution in [0.1, 0.15) is 39.3 Å². The van der Waals surface area contributed by atoms with Gasteiger partial charge in [0.15, 0.2) is 17.1 Å². The molecule has 0 saturated heterocycles. The van der Waals surface area contributed by atoms with E-state index in [1.165, 1.54) is 0 Å². The first-order chi connectivity index (χ1) is 9.46. The largest absolute Gasteiger partial charge is 0.453 e. The monoisotopic (exact) mass is 277 g/mol. The zero-order valence-electron chi connectivity index (χ0n) is 12.1. The van der Waals surface area contributed by atoms with Gasteiger partial charge in [-0.15, -0.1) is 0 Å². The molecule has 0 amide bonds. The van der Waals surface area contributed by atoms with Crippen LogP contribution in [-0.2, 0) is 15.1 Å². The fourth-order valence-corrected chi connectivity index (χ4v) is 2.09. The van der Waals surface area contributed by atoms with Crippen LogP contribution in [0.2, 0.25) is 0 Å². The first kappa shape index (κ1) is 14.4. The lowest BCUT2D eigenvalue weighted by Crippen LogP contribution is -2.30. The van der Waals surface area contributed by atoms with Crippen molar-refractivity contribution in [3.05, 3.63) is 30.1 Å². The van der Waals surface area contributed by atoms with Gasteiger partial charge in [0.2, 0.25) is 6.79 Å². The van der Waals surface area contributed by atoms with E-state index < -0.39 is 11.6 Å². The van der Waals surface area contributed by atoms with Gasteiger partial charge in [0, 0.05) is 11.6 Å². The number of pyridine rings is 1. The van der Waals surface area contributed by atoms with Gasteiger partial charge in [-0.2, -0.15) is 0 Å². The van der Waals surface area contributed by atoms with E-state index in [-0.39, 0.29) is 6.79 Å². The van der Waals surface area contributed by atoms with Crippen molar-refractivity contribution in [2.75, 3.05) is 6.79 Å². The molecule has 5 nitrogen and oxygen atoms in total. The maximum atomic E-state index is 11.8. The van der Waals surface area contributed by atoms with Crippen molar-refractivity contribution in [3.8, 4) is 11.5 Å². The standard InChI is InChI=1S/C15H19NO4/c1-5-6-15(4,20-14(17)10(2)3)13-7-11-12(8-16-13)19-9-18-11/h7-8H,2,5-6,9H2,1,3-4H3. The number of hydrogen-bond acceptors (Lipinski definition) is 5. The molecule has 108 valence electrons. The van der Waals surface area contributed by atoms with E-state index in [1.54, 1.807) is 19.2 Å². The van der Waals surface area contributed by atoms with Gasteiger partial charge in [-0.3, -0.25) is 4.98 Å². The highest BCUT2D eigenvalue weighted by atomic mass is 16.7. The van der Waals surface area contributed by atoms with Gasteiger partial charge in [-0.05, 0) is 20.3 Å². The molecule has 20 heavy (non-hydrogen) atoms. The lowest BCUT2D eigenvalue weighted by Gasteiger charge is -2.29. The van der Waals surface area contributed by atoms with E-state index in [2.05, 4.69) is 11.6 Å². The molecule has 1 unspecified atom stereocenters. The van der Waals surface area contributed by atoms with Crippen LogP contribution < -0.4 is 9.47 Å². The summed E-state index contributed by atoms with van der Waals surface area (Å²) in [4.78, 5) is 16.2. The summed E-state index contributed by atoms with van der Waals surface area (Å²) in [6.45, 7) is 9.31. The van der Waals surface area contributed by atoms with E-state index in [0.29, 0.717) is 29.2 Å². The topological polar surface area (TPSA) is 57.7 Å². The molecule has 1 aromatic heterocycles. The number of esters is 1. The molecule has 2 rings (SSSR count). The Kier molecular flexibility index (Phi) is 3.97. The maximum absolute atomic E-state index is 11.8. The quantitative estimate of drug-likeness (QED) is 0.611. The summed E-state index contributed by atoms with van der Waals surface area (Å²) in [5.74, 6) is 0.822. The van der Waals surface area contributed by atoms with Crippen molar-refractivity contribution in [2.24, 2.45) is 0 Å². The third-order valence-electron chi connectivity index (χ3n) is 3.20. The van der Waals surface area contributed by atoms with Gasteiger partial charge in [-0.25, -0.2) is 4.79 Å². The molecule has 0 aliphatic carbocycles. The molecule has 0 N–H and O–H groups in total. The van der Waals surface area contributed by atoms with Gasteiger partial charge < -0.3 is 14.2 Å². The lowest BCUT2D eigenvalue weighted by atomic mass is 9.95. The zero-order chi connectivity index (χ0) is 14.8. The van der Waals surface area contributed by atoms with Crippen LogP contribution in [0.15, 0.2) is 24.4 Å². The van der Waals surface area contributed by atoms with Crippen molar-refractivity contribution < 1.29 is 19.0 Å². The molecule has 0 radical (unpaired) electrons. The molecule has 2 heterocycles. The van der Waals surface area contributed by atoms with Gasteiger partial charge in [-0.1, -0.05) is 19.9 Å². The van der Waals surface area contributed by atoms with Crippen LogP contribution in [0.4, 0.5) is 0 Å². The third-order valence-corrected chi connectivity index (χ3v) is 3.20. The fraction of sp³-hybridized carbons (Fsp3) is 0.467. The van der Waals surface area contributed by atoms with E-state index in [0.717, 1.165) is 6.42 Å². The minimum Gasteiger partial charge on any atom is -0.453 e. The summed E-state index contributed by atoms with van der Waals surface area (Å²) >= 11 is 0. The highest BCUT2D eigenvalue weighted by molar-refractivity contribution is 5.87. The van der Waals surface area contributed by atoms with Crippen molar-refractivity contribution in [1.82, 2.24) is 4.98 Å². The average Bonchev–Trinajstić information content (AvgIpc) is 2.85. The number of fused-ring (bicyclic) bond motifs is 1. The first-order valence-corrected chi connectivity index (χ1v) is 6.61. The van der Waals surface area contributed by atoms with Crippen LogP contribution in [0.3, 0.4) is 0 Å². The Bertz CT molecular complexity index is 541. The number of ether oxygens (including phenoxy) is 3. The Balaban J connectivity index is 2.31. The van der Waals surface area contributed by atoms with Crippen LogP contribution >= 0.6 is 0 Å². The number of aromatic nitrogens is 1. The first-order valence-electron chi connectivity index (χ1n) is 6.61. The molecule has 1 aromatic rings. The molecule has 0 aromatic carbocycles. The summed E-state index contributed by atoms with van der Waals surface area (Å²) in [6.07, 6.45) is 3.12. The van der Waals surface area contributed by atoms with Crippen LogP contribution in [0.5, 0.6) is 11.5 Å². The normalized spacial score (nSPS) is 15.6. The smallest absolute Gasteiger partial charge is 0.334 e. The van der Waals surface area contributed by atoms with E-state index in [1.807, 2.05) is 13.8 Å². The van der Waals surface area contributed by atoms with Crippen LogP contribution in [-0.4, -0.2) is 17.7 Å². The second kappa shape index (κ2) is 5.53. The third kappa shape index (κ3) is 2.76. The molecular weight excluding hydrogens is 258 g/mol. The highest BCUT2D eigenvalue weighted by Gasteiger charge is 2.33. The molecule has 1 aliphatic heterocycles. The summed E-state index contributed by atoms with van der Waals surface area (Å²) in [6, 6.07) is 1.77. The number of carbonyl (C=O) groups is 1. The van der Waals surface area contributed by atoms with Gasteiger partial charge >= 0.3 is 5.97 Å². The second-order valence-electron chi connectivity index (χ2n) is 5.07. The summed E-state index contributed by atoms with van der Waals surface area (Å²) in [5.41, 5.74) is 0.220. The van der Waals surface area contributed by atoms with Crippen molar-refractivity contribution in [2.45, 2.75) is 39.2 Å². The minimum absolute atomic E-state index is 0.191. The molecule has 0 fully saturated rings. The summed E-state index contributed by atoms with van der Waals surface area (Å²) < 4.78 is 16.2. The average molecular weight is 277 g/mol. The Morgan fingerprint density at radius 2 is 2.20 bits per heavy atom. The molecule has 1 atom stereocenters. The minimum atomic E-state index is -0.800. The molecular formula is C15H19NO4. The SMILES string of the molecule is C=C(C)C(=O)OC(C)(CCC)c1cc2c(cn1)OCO2.